The van der Waals surface area contributed by atoms with Crippen LogP contribution in [-0.2, 0) is 11.3 Å². The van der Waals surface area contributed by atoms with Crippen LogP contribution in [0.4, 0.5) is 11.4 Å². The van der Waals surface area contributed by atoms with Gasteiger partial charge in [-0.1, -0.05) is 17.7 Å². The predicted molar refractivity (Wildman–Crippen MR) is 112 cm³/mol. The molecule has 0 amide bonds. The number of aliphatic hydroxyl groups excluding tert-OH is 1. The van der Waals surface area contributed by atoms with Crippen LogP contribution >= 0.6 is 0 Å². The number of fused-ring (bicyclic) bond motifs is 3. The molecular weight excluding hydrogens is 366 g/mol. The van der Waals surface area contributed by atoms with E-state index in [1.54, 1.807) is 7.11 Å². The van der Waals surface area contributed by atoms with Crippen molar-refractivity contribution >= 4 is 33.9 Å². The van der Waals surface area contributed by atoms with Gasteiger partial charge in [0.1, 0.15) is 5.84 Å². The molecule has 0 bridgehead atoms. The van der Waals surface area contributed by atoms with Gasteiger partial charge in [-0.3, -0.25) is 9.78 Å². The molecule has 2 aliphatic rings. The van der Waals surface area contributed by atoms with Crippen LogP contribution in [0.2, 0.25) is 0 Å². The van der Waals surface area contributed by atoms with Crippen molar-refractivity contribution in [3.8, 4) is 0 Å². The lowest BCUT2D eigenvalue weighted by molar-refractivity contribution is 0.0388. The third-order valence-corrected chi connectivity index (χ3v) is 5.85. The SMILES string of the molecule is CO[C@@]12CCN(c3ccc4nc(CO)ccc4c3)C1=Nc1ccc(C)cc1C2=O. The van der Waals surface area contributed by atoms with Crippen LogP contribution in [-0.4, -0.2) is 41.0 Å². The number of aryl methyl sites for hydroxylation is 1. The van der Waals surface area contributed by atoms with Crippen molar-refractivity contribution < 1.29 is 14.6 Å². The summed E-state index contributed by atoms with van der Waals surface area (Å²) >= 11 is 0. The number of nitrogens with zero attached hydrogens (tertiary/aromatic N) is 3. The zero-order chi connectivity index (χ0) is 20.2. The van der Waals surface area contributed by atoms with E-state index in [-0.39, 0.29) is 12.4 Å². The molecule has 1 fully saturated rings. The minimum Gasteiger partial charge on any atom is -0.390 e. The molecule has 1 atom stereocenters. The molecule has 146 valence electrons. The number of aromatic nitrogens is 1. The first-order chi connectivity index (χ1) is 14.1. The van der Waals surface area contributed by atoms with E-state index >= 15 is 0 Å². The van der Waals surface area contributed by atoms with E-state index < -0.39 is 5.60 Å². The Morgan fingerprint density at radius 1 is 1.17 bits per heavy atom. The number of carbonyl (C=O) groups is 1. The van der Waals surface area contributed by atoms with Gasteiger partial charge >= 0.3 is 0 Å². The summed E-state index contributed by atoms with van der Waals surface area (Å²) in [4.78, 5) is 24.8. The van der Waals surface area contributed by atoms with Crippen LogP contribution in [0.25, 0.3) is 10.9 Å². The highest BCUT2D eigenvalue weighted by molar-refractivity contribution is 6.28. The molecule has 0 saturated carbocycles. The maximum atomic E-state index is 13.4. The summed E-state index contributed by atoms with van der Waals surface area (Å²) in [7, 11) is 1.58. The fraction of sp³-hybridized carbons (Fsp3) is 0.261. The number of carbonyl (C=O) groups excluding carboxylic acids is 1. The fourth-order valence-electron chi connectivity index (χ4n) is 4.28. The Kier molecular flexibility index (Phi) is 4.01. The first-order valence-corrected chi connectivity index (χ1v) is 9.63. The second-order valence-corrected chi connectivity index (χ2v) is 7.56. The van der Waals surface area contributed by atoms with Crippen LogP contribution in [0.1, 0.15) is 28.0 Å². The van der Waals surface area contributed by atoms with Gasteiger partial charge in [0, 0.05) is 36.7 Å². The average molecular weight is 387 g/mol. The minimum atomic E-state index is -1.05. The lowest BCUT2D eigenvalue weighted by Gasteiger charge is -2.32. The van der Waals surface area contributed by atoms with Crippen LogP contribution < -0.4 is 4.90 Å². The monoisotopic (exact) mass is 387 g/mol. The number of benzene rings is 2. The molecule has 0 radical (unpaired) electrons. The molecule has 0 spiro atoms. The molecule has 3 aromatic rings. The highest BCUT2D eigenvalue weighted by Gasteiger charge is 2.54. The standard InChI is InChI=1S/C23H21N3O3/c1-14-3-7-20-18(11-14)21(28)23(29-2)9-10-26(22(23)25-20)17-6-8-19-15(12-17)4-5-16(13-27)24-19/h3-8,11-12,27H,9-10,13H2,1-2H3/t23-/m1/s1. The molecule has 6 nitrogen and oxygen atoms in total. The van der Waals surface area contributed by atoms with Crippen molar-refractivity contribution in [1.82, 2.24) is 4.98 Å². The number of hydrogen-bond donors (Lipinski definition) is 1. The number of ketones is 1. The maximum absolute atomic E-state index is 13.4. The second kappa shape index (κ2) is 6.47. The summed E-state index contributed by atoms with van der Waals surface area (Å²) in [6, 6.07) is 15.5. The first kappa shape index (κ1) is 18.0. The number of hydrogen-bond acceptors (Lipinski definition) is 6. The van der Waals surface area contributed by atoms with Gasteiger partial charge in [-0.25, -0.2) is 4.99 Å². The number of anilines is 1. The Morgan fingerprint density at radius 2 is 2.03 bits per heavy atom. The quantitative estimate of drug-likeness (QED) is 0.744. The minimum absolute atomic E-state index is 0.0266. The van der Waals surface area contributed by atoms with Crippen LogP contribution in [0.15, 0.2) is 53.5 Å². The van der Waals surface area contributed by atoms with Gasteiger partial charge in [0.2, 0.25) is 5.78 Å². The molecule has 0 aliphatic carbocycles. The molecule has 2 aliphatic heterocycles. The van der Waals surface area contributed by atoms with Gasteiger partial charge in [0.25, 0.3) is 0 Å². The number of pyridine rings is 1. The molecule has 1 aromatic heterocycles. The summed E-state index contributed by atoms with van der Waals surface area (Å²) in [6.45, 7) is 2.52. The third-order valence-electron chi connectivity index (χ3n) is 5.85. The number of ether oxygens (including phenoxy) is 1. The third kappa shape index (κ3) is 2.60. The second-order valence-electron chi connectivity index (χ2n) is 7.56. The van der Waals surface area contributed by atoms with E-state index in [2.05, 4.69) is 9.88 Å². The van der Waals surface area contributed by atoms with Crippen molar-refractivity contribution in [2.24, 2.45) is 4.99 Å². The molecule has 0 unspecified atom stereocenters. The summed E-state index contributed by atoms with van der Waals surface area (Å²) in [6.07, 6.45) is 0.550. The van der Waals surface area contributed by atoms with E-state index in [1.807, 2.05) is 55.5 Å². The van der Waals surface area contributed by atoms with Crippen molar-refractivity contribution in [2.75, 3.05) is 18.6 Å². The summed E-state index contributed by atoms with van der Waals surface area (Å²) in [5.74, 6) is 0.613. The zero-order valence-electron chi connectivity index (χ0n) is 16.3. The van der Waals surface area contributed by atoms with Gasteiger partial charge in [-0.15, -0.1) is 0 Å². The Balaban J connectivity index is 1.63. The number of amidine groups is 1. The highest BCUT2D eigenvalue weighted by atomic mass is 16.5. The first-order valence-electron chi connectivity index (χ1n) is 9.63. The smallest absolute Gasteiger partial charge is 0.204 e. The Bertz CT molecular complexity index is 1190. The lowest BCUT2D eigenvalue weighted by Crippen LogP contribution is -2.50. The van der Waals surface area contributed by atoms with Gasteiger partial charge in [0.15, 0.2) is 5.60 Å². The Morgan fingerprint density at radius 3 is 2.83 bits per heavy atom. The van der Waals surface area contributed by atoms with Crippen LogP contribution in [0.3, 0.4) is 0 Å². The number of aliphatic hydroxyl groups is 1. The molecule has 5 rings (SSSR count). The van der Waals surface area contributed by atoms with E-state index in [1.165, 1.54) is 0 Å². The zero-order valence-corrected chi connectivity index (χ0v) is 16.3. The summed E-state index contributed by atoms with van der Waals surface area (Å²) < 4.78 is 5.82. The summed E-state index contributed by atoms with van der Waals surface area (Å²) in [5.41, 5.74) is 3.69. The average Bonchev–Trinajstić information content (AvgIpc) is 3.13. The molecule has 1 N–H and O–H groups in total. The van der Waals surface area contributed by atoms with Gasteiger partial charge < -0.3 is 14.7 Å². The van der Waals surface area contributed by atoms with E-state index in [4.69, 9.17) is 9.73 Å². The molecule has 29 heavy (non-hydrogen) atoms. The molecular formula is C23H21N3O3. The number of rotatable bonds is 3. The van der Waals surface area contributed by atoms with E-state index in [0.717, 1.165) is 22.2 Å². The van der Waals surface area contributed by atoms with E-state index in [0.29, 0.717) is 35.7 Å². The molecule has 3 heterocycles. The predicted octanol–water partition coefficient (Wildman–Crippen LogP) is 3.56. The fourth-order valence-corrected chi connectivity index (χ4v) is 4.28. The molecule has 2 aromatic carbocycles. The van der Waals surface area contributed by atoms with E-state index in [9.17, 15) is 9.90 Å². The van der Waals surface area contributed by atoms with Gasteiger partial charge in [0.05, 0.1) is 23.5 Å². The topological polar surface area (TPSA) is 75.0 Å². The van der Waals surface area contributed by atoms with Crippen molar-refractivity contribution in [2.45, 2.75) is 25.6 Å². The normalized spacial score (nSPS) is 20.6. The maximum Gasteiger partial charge on any atom is 0.204 e. The number of aliphatic imine (C=N–C) groups is 1. The largest absolute Gasteiger partial charge is 0.390 e. The number of methoxy groups -OCH3 is 1. The lowest BCUT2D eigenvalue weighted by atomic mass is 9.86. The Hall–Kier alpha value is -3.09. The van der Waals surface area contributed by atoms with Crippen molar-refractivity contribution in [3.63, 3.8) is 0 Å². The highest BCUT2D eigenvalue weighted by Crippen LogP contribution is 2.41. The van der Waals surface area contributed by atoms with Crippen LogP contribution in [0, 0.1) is 6.92 Å². The van der Waals surface area contributed by atoms with Crippen molar-refractivity contribution in [3.05, 3.63) is 65.4 Å². The van der Waals surface area contributed by atoms with Gasteiger partial charge in [-0.05, 0) is 43.3 Å². The van der Waals surface area contributed by atoms with Gasteiger partial charge in [-0.2, -0.15) is 0 Å². The number of Topliss-reactive ketones (excluding diaryl/α,β-unsaturated/α-hetero) is 1. The molecule has 6 heteroatoms. The molecule has 1 saturated heterocycles. The summed E-state index contributed by atoms with van der Waals surface area (Å²) in [5, 5.41) is 10.3. The van der Waals surface area contributed by atoms with Crippen molar-refractivity contribution in [1.29, 1.82) is 0 Å². The van der Waals surface area contributed by atoms with Crippen LogP contribution in [0.5, 0.6) is 0 Å². The Labute approximate surface area is 168 Å².